The monoisotopic (exact) mass is 247 g/mol. The van der Waals surface area contributed by atoms with Crippen molar-refractivity contribution in [1.29, 1.82) is 0 Å². The SMILES string of the molecule is CC(O)CNc1cnn(CCO)c(=O)c1Cl. The zero-order valence-corrected chi connectivity index (χ0v) is 9.61. The van der Waals surface area contributed by atoms with Gasteiger partial charge in [-0.2, -0.15) is 5.10 Å². The number of rotatable bonds is 5. The molecule has 1 rings (SSSR count). The highest BCUT2D eigenvalue weighted by Crippen LogP contribution is 2.14. The van der Waals surface area contributed by atoms with Gasteiger partial charge in [0.2, 0.25) is 0 Å². The summed E-state index contributed by atoms with van der Waals surface area (Å²) < 4.78 is 1.08. The van der Waals surface area contributed by atoms with Crippen molar-refractivity contribution in [2.45, 2.75) is 19.6 Å². The molecule has 0 fully saturated rings. The van der Waals surface area contributed by atoms with Gasteiger partial charge in [-0.1, -0.05) is 11.6 Å². The molecule has 90 valence electrons. The van der Waals surface area contributed by atoms with Gasteiger partial charge in [0.25, 0.3) is 5.56 Å². The van der Waals surface area contributed by atoms with Crippen LogP contribution in [-0.2, 0) is 6.54 Å². The van der Waals surface area contributed by atoms with E-state index in [9.17, 15) is 4.79 Å². The molecule has 1 aromatic heterocycles. The zero-order chi connectivity index (χ0) is 12.1. The van der Waals surface area contributed by atoms with E-state index >= 15 is 0 Å². The molecule has 0 bridgehead atoms. The van der Waals surface area contributed by atoms with Gasteiger partial charge in [0.05, 0.1) is 31.1 Å². The molecule has 16 heavy (non-hydrogen) atoms. The molecular weight excluding hydrogens is 234 g/mol. The van der Waals surface area contributed by atoms with Crippen LogP contribution in [0.1, 0.15) is 6.92 Å². The quantitative estimate of drug-likeness (QED) is 0.664. The highest BCUT2D eigenvalue weighted by molar-refractivity contribution is 6.32. The fraction of sp³-hybridized carbons (Fsp3) is 0.556. The smallest absolute Gasteiger partial charge is 0.287 e. The Kier molecular flexibility index (Phi) is 4.72. The first-order valence-electron chi connectivity index (χ1n) is 4.84. The number of aromatic nitrogens is 2. The van der Waals surface area contributed by atoms with E-state index in [0.29, 0.717) is 5.69 Å². The third-order valence-electron chi connectivity index (χ3n) is 1.88. The van der Waals surface area contributed by atoms with Gasteiger partial charge < -0.3 is 15.5 Å². The minimum atomic E-state index is -0.545. The second-order valence-corrected chi connectivity index (χ2v) is 3.73. The first kappa shape index (κ1) is 13.0. The Bertz CT molecular complexity index is 405. The molecule has 6 nitrogen and oxygen atoms in total. The standard InChI is InChI=1S/C9H14ClN3O3/c1-6(15)4-11-7-5-12-13(2-3-14)9(16)8(7)10/h5-6,11,14-15H,2-4H2,1H3. The first-order chi connectivity index (χ1) is 7.56. The third-order valence-corrected chi connectivity index (χ3v) is 2.25. The van der Waals surface area contributed by atoms with Crippen molar-refractivity contribution in [3.8, 4) is 0 Å². The summed E-state index contributed by atoms with van der Waals surface area (Å²) in [6, 6.07) is 0. The van der Waals surface area contributed by atoms with Gasteiger partial charge in [-0.3, -0.25) is 4.79 Å². The number of nitrogens with one attached hydrogen (secondary N) is 1. The fourth-order valence-electron chi connectivity index (χ4n) is 1.10. The number of aliphatic hydroxyl groups is 2. The lowest BCUT2D eigenvalue weighted by Crippen LogP contribution is -2.26. The van der Waals surface area contributed by atoms with Crippen molar-refractivity contribution < 1.29 is 10.2 Å². The number of hydrogen-bond donors (Lipinski definition) is 3. The maximum Gasteiger partial charge on any atom is 0.287 e. The number of nitrogens with zero attached hydrogens (tertiary/aromatic N) is 2. The lowest BCUT2D eigenvalue weighted by Gasteiger charge is -2.10. The number of hydrogen-bond acceptors (Lipinski definition) is 5. The Morgan fingerprint density at radius 1 is 1.69 bits per heavy atom. The molecule has 0 saturated heterocycles. The molecule has 0 aliphatic carbocycles. The highest BCUT2D eigenvalue weighted by atomic mass is 35.5. The van der Waals surface area contributed by atoms with Crippen molar-refractivity contribution in [1.82, 2.24) is 9.78 Å². The van der Waals surface area contributed by atoms with Crippen molar-refractivity contribution in [2.75, 3.05) is 18.5 Å². The van der Waals surface area contributed by atoms with E-state index in [4.69, 9.17) is 21.8 Å². The topological polar surface area (TPSA) is 87.4 Å². The summed E-state index contributed by atoms with van der Waals surface area (Å²) in [5.74, 6) is 0. The minimum absolute atomic E-state index is 0.00380. The van der Waals surface area contributed by atoms with Crippen molar-refractivity contribution >= 4 is 17.3 Å². The second kappa shape index (κ2) is 5.83. The Balaban J connectivity index is 2.89. The minimum Gasteiger partial charge on any atom is -0.394 e. The van der Waals surface area contributed by atoms with Gasteiger partial charge in [-0.25, -0.2) is 4.68 Å². The molecule has 1 aromatic rings. The Morgan fingerprint density at radius 3 is 2.94 bits per heavy atom. The van der Waals surface area contributed by atoms with Crippen LogP contribution in [0.3, 0.4) is 0 Å². The number of halogens is 1. The molecule has 1 unspecified atom stereocenters. The normalized spacial score (nSPS) is 12.5. The predicted molar refractivity (Wildman–Crippen MR) is 60.8 cm³/mol. The number of aliphatic hydroxyl groups excluding tert-OH is 2. The third kappa shape index (κ3) is 3.19. The average molecular weight is 248 g/mol. The van der Waals surface area contributed by atoms with Gasteiger partial charge in [0, 0.05) is 6.54 Å². The van der Waals surface area contributed by atoms with E-state index < -0.39 is 11.7 Å². The second-order valence-electron chi connectivity index (χ2n) is 3.35. The van der Waals surface area contributed by atoms with Crippen LogP contribution in [0.15, 0.2) is 11.0 Å². The van der Waals surface area contributed by atoms with Crippen LogP contribution in [0.2, 0.25) is 5.02 Å². The Hall–Kier alpha value is -1.11. The summed E-state index contributed by atoms with van der Waals surface area (Å²) in [5.41, 5.74) is -0.0898. The highest BCUT2D eigenvalue weighted by Gasteiger charge is 2.09. The summed E-state index contributed by atoms with van der Waals surface area (Å²) >= 11 is 5.82. The van der Waals surface area contributed by atoms with E-state index in [-0.39, 0.29) is 24.7 Å². The zero-order valence-electron chi connectivity index (χ0n) is 8.85. The summed E-state index contributed by atoms with van der Waals surface area (Å²) in [6.45, 7) is 1.82. The summed E-state index contributed by atoms with van der Waals surface area (Å²) in [6.07, 6.45) is 0.845. The van der Waals surface area contributed by atoms with Crippen LogP contribution < -0.4 is 10.9 Å². The molecule has 1 heterocycles. The number of anilines is 1. The maximum atomic E-state index is 11.6. The van der Waals surface area contributed by atoms with Crippen LogP contribution in [-0.4, -0.2) is 39.2 Å². The molecule has 0 amide bonds. The van der Waals surface area contributed by atoms with Gasteiger partial charge >= 0.3 is 0 Å². The molecule has 0 saturated carbocycles. The van der Waals surface area contributed by atoms with E-state index in [0.717, 1.165) is 4.68 Å². The van der Waals surface area contributed by atoms with Crippen LogP contribution in [0.25, 0.3) is 0 Å². The lowest BCUT2D eigenvalue weighted by atomic mass is 10.4. The molecule has 0 aliphatic heterocycles. The first-order valence-corrected chi connectivity index (χ1v) is 5.22. The Morgan fingerprint density at radius 2 is 2.38 bits per heavy atom. The molecule has 0 radical (unpaired) electrons. The molecule has 0 aromatic carbocycles. The molecule has 0 aliphatic rings. The predicted octanol–water partition coefficient (Wildman–Crippen LogP) is -0.318. The van der Waals surface area contributed by atoms with Crippen LogP contribution in [0.4, 0.5) is 5.69 Å². The average Bonchev–Trinajstić information content (AvgIpc) is 2.24. The van der Waals surface area contributed by atoms with E-state index in [1.54, 1.807) is 6.92 Å². The van der Waals surface area contributed by atoms with Crippen molar-refractivity contribution in [3.05, 3.63) is 21.6 Å². The van der Waals surface area contributed by atoms with E-state index in [1.165, 1.54) is 6.20 Å². The molecular formula is C9H14ClN3O3. The van der Waals surface area contributed by atoms with E-state index in [1.807, 2.05) is 0 Å². The Labute approximate surface area is 97.5 Å². The fourth-order valence-corrected chi connectivity index (χ4v) is 1.31. The van der Waals surface area contributed by atoms with Gasteiger partial charge in [-0.05, 0) is 6.92 Å². The van der Waals surface area contributed by atoms with Gasteiger partial charge in [0.1, 0.15) is 5.02 Å². The van der Waals surface area contributed by atoms with Gasteiger partial charge in [0.15, 0.2) is 0 Å². The lowest BCUT2D eigenvalue weighted by molar-refractivity contribution is 0.208. The van der Waals surface area contributed by atoms with Gasteiger partial charge in [-0.15, -0.1) is 0 Å². The van der Waals surface area contributed by atoms with E-state index in [2.05, 4.69) is 10.4 Å². The summed E-state index contributed by atoms with van der Waals surface area (Å²) in [5, 5.41) is 24.4. The van der Waals surface area contributed by atoms with Crippen LogP contribution in [0, 0.1) is 0 Å². The summed E-state index contributed by atoms with van der Waals surface area (Å²) in [7, 11) is 0. The molecule has 1 atom stereocenters. The summed E-state index contributed by atoms with van der Waals surface area (Å²) in [4.78, 5) is 11.6. The van der Waals surface area contributed by atoms with Crippen LogP contribution in [0.5, 0.6) is 0 Å². The van der Waals surface area contributed by atoms with Crippen molar-refractivity contribution in [2.24, 2.45) is 0 Å². The van der Waals surface area contributed by atoms with Crippen molar-refractivity contribution in [3.63, 3.8) is 0 Å². The maximum absolute atomic E-state index is 11.6. The van der Waals surface area contributed by atoms with Crippen LogP contribution >= 0.6 is 11.6 Å². The molecule has 7 heteroatoms. The molecule has 3 N–H and O–H groups in total. The molecule has 0 spiro atoms. The largest absolute Gasteiger partial charge is 0.394 e.